The SMILES string of the molecule is COc1ccc(OC)c(CSc2ccc(S(=O)(=O)N3CCCC3)cn2)c1. The third kappa shape index (κ3) is 4.13. The van der Waals surface area contributed by atoms with Crippen LogP contribution in [0, 0.1) is 0 Å². The quantitative estimate of drug-likeness (QED) is 0.672. The lowest BCUT2D eigenvalue weighted by Gasteiger charge is -2.15. The maximum Gasteiger partial charge on any atom is 0.244 e. The van der Waals surface area contributed by atoms with Crippen LogP contribution in [-0.2, 0) is 15.8 Å². The number of aromatic nitrogens is 1. The van der Waals surface area contributed by atoms with E-state index in [1.54, 1.807) is 26.4 Å². The Kier molecular flexibility index (Phi) is 6.05. The third-order valence-electron chi connectivity index (χ3n) is 4.28. The van der Waals surface area contributed by atoms with Gasteiger partial charge in [0.1, 0.15) is 16.4 Å². The van der Waals surface area contributed by atoms with E-state index < -0.39 is 10.0 Å². The molecule has 1 aromatic carbocycles. The lowest BCUT2D eigenvalue weighted by atomic mass is 10.2. The van der Waals surface area contributed by atoms with Gasteiger partial charge in [-0.1, -0.05) is 0 Å². The zero-order chi connectivity index (χ0) is 18.6. The van der Waals surface area contributed by atoms with Crippen LogP contribution >= 0.6 is 11.8 Å². The van der Waals surface area contributed by atoms with Crippen LogP contribution < -0.4 is 9.47 Å². The number of methoxy groups -OCH3 is 2. The van der Waals surface area contributed by atoms with Crippen LogP contribution in [0.2, 0.25) is 0 Å². The van der Waals surface area contributed by atoms with Crippen LogP contribution in [0.3, 0.4) is 0 Å². The maximum atomic E-state index is 12.5. The van der Waals surface area contributed by atoms with Crippen molar-refractivity contribution in [3.05, 3.63) is 42.1 Å². The molecule has 0 aliphatic carbocycles. The lowest BCUT2D eigenvalue weighted by Crippen LogP contribution is -2.27. The fourth-order valence-electron chi connectivity index (χ4n) is 2.83. The van der Waals surface area contributed by atoms with Crippen molar-refractivity contribution < 1.29 is 17.9 Å². The summed E-state index contributed by atoms with van der Waals surface area (Å²) < 4.78 is 37.2. The van der Waals surface area contributed by atoms with E-state index in [0.717, 1.165) is 34.9 Å². The molecule has 1 saturated heterocycles. The Hall–Kier alpha value is -1.77. The molecular weight excluding hydrogens is 372 g/mol. The van der Waals surface area contributed by atoms with E-state index in [1.165, 1.54) is 22.3 Å². The van der Waals surface area contributed by atoms with E-state index in [1.807, 2.05) is 18.2 Å². The Labute approximate surface area is 158 Å². The number of pyridine rings is 1. The first-order valence-electron chi connectivity index (χ1n) is 8.34. The van der Waals surface area contributed by atoms with Crippen molar-refractivity contribution in [3.63, 3.8) is 0 Å². The number of sulfonamides is 1. The van der Waals surface area contributed by atoms with Gasteiger partial charge in [-0.25, -0.2) is 13.4 Å². The van der Waals surface area contributed by atoms with Crippen LogP contribution in [-0.4, -0.2) is 45.0 Å². The minimum atomic E-state index is -3.42. The van der Waals surface area contributed by atoms with E-state index in [2.05, 4.69) is 4.98 Å². The molecule has 0 atom stereocenters. The van der Waals surface area contributed by atoms with Crippen LogP contribution in [0.1, 0.15) is 18.4 Å². The molecule has 0 N–H and O–H groups in total. The van der Waals surface area contributed by atoms with Gasteiger partial charge < -0.3 is 9.47 Å². The van der Waals surface area contributed by atoms with Crippen molar-refractivity contribution in [1.82, 2.24) is 9.29 Å². The predicted molar refractivity (Wildman–Crippen MR) is 101 cm³/mol. The smallest absolute Gasteiger partial charge is 0.244 e. The first kappa shape index (κ1) is 19.0. The number of hydrogen-bond donors (Lipinski definition) is 0. The van der Waals surface area contributed by atoms with Gasteiger partial charge in [0.25, 0.3) is 0 Å². The van der Waals surface area contributed by atoms with Crippen LogP contribution in [0.4, 0.5) is 0 Å². The molecule has 26 heavy (non-hydrogen) atoms. The highest BCUT2D eigenvalue weighted by molar-refractivity contribution is 7.98. The minimum Gasteiger partial charge on any atom is -0.497 e. The minimum absolute atomic E-state index is 0.253. The molecule has 140 valence electrons. The standard InChI is InChI=1S/C18H22N2O4S2/c1-23-15-5-7-17(24-2)14(11-15)13-25-18-8-6-16(12-19-18)26(21,22)20-9-3-4-10-20/h5-8,11-12H,3-4,9-10,13H2,1-2H3. The molecule has 1 aromatic heterocycles. The van der Waals surface area contributed by atoms with Crippen LogP contribution in [0.5, 0.6) is 11.5 Å². The van der Waals surface area contributed by atoms with Crippen molar-refractivity contribution in [1.29, 1.82) is 0 Å². The lowest BCUT2D eigenvalue weighted by molar-refractivity contribution is 0.400. The third-order valence-corrected chi connectivity index (χ3v) is 7.15. The average Bonchev–Trinajstić information content (AvgIpc) is 3.22. The molecule has 0 amide bonds. The normalized spacial score (nSPS) is 15.2. The largest absolute Gasteiger partial charge is 0.497 e. The summed E-state index contributed by atoms with van der Waals surface area (Å²) in [6, 6.07) is 9.03. The van der Waals surface area contributed by atoms with E-state index >= 15 is 0 Å². The number of nitrogens with zero attached hydrogens (tertiary/aromatic N) is 2. The molecule has 1 aliphatic heterocycles. The zero-order valence-electron chi connectivity index (χ0n) is 14.8. The molecule has 0 radical (unpaired) electrons. The number of rotatable bonds is 7. The van der Waals surface area contributed by atoms with E-state index in [9.17, 15) is 8.42 Å². The van der Waals surface area contributed by atoms with Gasteiger partial charge in [-0.15, -0.1) is 11.8 Å². The highest BCUT2D eigenvalue weighted by atomic mass is 32.2. The van der Waals surface area contributed by atoms with E-state index in [-0.39, 0.29) is 4.90 Å². The van der Waals surface area contributed by atoms with E-state index in [0.29, 0.717) is 18.8 Å². The summed E-state index contributed by atoms with van der Waals surface area (Å²) in [7, 11) is -0.161. The van der Waals surface area contributed by atoms with Crippen molar-refractivity contribution >= 4 is 21.8 Å². The van der Waals surface area contributed by atoms with Crippen molar-refractivity contribution in [2.24, 2.45) is 0 Å². The Morgan fingerprint density at radius 2 is 1.88 bits per heavy atom. The van der Waals surface area contributed by atoms with Gasteiger partial charge in [0, 0.05) is 30.6 Å². The van der Waals surface area contributed by atoms with Crippen molar-refractivity contribution in [2.75, 3.05) is 27.3 Å². The monoisotopic (exact) mass is 394 g/mol. The fourth-order valence-corrected chi connectivity index (χ4v) is 5.11. The Morgan fingerprint density at radius 3 is 2.50 bits per heavy atom. The second-order valence-corrected chi connectivity index (χ2v) is 8.84. The Bertz CT molecular complexity index is 848. The molecule has 1 aliphatic rings. The number of benzene rings is 1. The highest BCUT2D eigenvalue weighted by Crippen LogP contribution is 2.30. The van der Waals surface area contributed by atoms with Gasteiger partial charge in [-0.3, -0.25) is 0 Å². The molecule has 3 rings (SSSR count). The molecule has 0 bridgehead atoms. The summed E-state index contributed by atoms with van der Waals surface area (Å²) in [5, 5.41) is 0.759. The maximum absolute atomic E-state index is 12.5. The van der Waals surface area contributed by atoms with Gasteiger partial charge in [-0.2, -0.15) is 4.31 Å². The summed E-state index contributed by atoms with van der Waals surface area (Å²) in [6.45, 7) is 1.18. The zero-order valence-corrected chi connectivity index (χ0v) is 16.5. The first-order valence-corrected chi connectivity index (χ1v) is 10.8. The molecule has 6 nitrogen and oxygen atoms in total. The van der Waals surface area contributed by atoms with Crippen LogP contribution in [0.15, 0.2) is 46.5 Å². The van der Waals surface area contributed by atoms with Gasteiger partial charge >= 0.3 is 0 Å². The average molecular weight is 395 g/mol. The second kappa shape index (κ2) is 8.28. The van der Waals surface area contributed by atoms with Gasteiger partial charge in [0.05, 0.1) is 19.2 Å². The van der Waals surface area contributed by atoms with Crippen LogP contribution in [0.25, 0.3) is 0 Å². The molecular formula is C18H22N2O4S2. The molecule has 0 unspecified atom stereocenters. The number of ether oxygens (including phenoxy) is 2. The molecule has 8 heteroatoms. The summed E-state index contributed by atoms with van der Waals surface area (Å²) in [5.74, 6) is 2.19. The van der Waals surface area contributed by atoms with Gasteiger partial charge in [-0.05, 0) is 43.2 Å². The fraction of sp³-hybridized carbons (Fsp3) is 0.389. The Balaban J connectivity index is 1.70. The van der Waals surface area contributed by atoms with E-state index in [4.69, 9.17) is 9.47 Å². The summed E-state index contributed by atoms with van der Waals surface area (Å²) in [6.07, 6.45) is 3.28. The van der Waals surface area contributed by atoms with Gasteiger partial charge in [0.15, 0.2) is 0 Å². The summed E-state index contributed by atoms with van der Waals surface area (Å²) in [4.78, 5) is 4.57. The highest BCUT2D eigenvalue weighted by Gasteiger charge is 2.27. The number of hydrogen-bond acceptors (Lipinski definition) is 6. The molecule has 2 heterocycles. The Morgan fingerprint density at radius 1 is 1.12 bits per heavy atom. The summed E-state index contributed by atoms with van der Waals surface area (Å²) in [5.41, 5.74) is 0.993. The second-order valence-electron chi connectivity index (χ2n) is 5.91. The topological polar surface area (TPSA) is 68.7 Å². The van der Waals surface area contributed by atoms with Gasteiger partial charge in [0.2, 0.25) is 10.0 Å². The molecule has 2 aromatic rings. The predicted octanol–water partition coefficient (Wildman–Crippen LogP) is 3.18. The molecule has 1 fully saturated rings. The first-order chi connectivity index (χ1) is 12.5. The number of thioether (sulfide) groups is 1. The summed E-state index contributed by atoms with van der Waals surface area (Å²) >= 11 is 1.52. The van der Waals surface area contributed by atoms with Crippen molar-refractivity contribution in [3.8, 4) is 11.5 Å². The molecule has 0 saturated carbocycles. The molecule has 0 spiro atoms. The van der Waals surface area contributed by atoms with Crippen molar-refractivity contribution in [2.45, 2.75) is 28.5 Å².